The molecule has 0 radical (unpaired) electrons. The summed E-state index contributed by atoms with van der Waals surface area (Å²) in [5, 5.41) is 2.84. The highest BCUT2D eigenvalue weighted by Crippen LogP contribution is 2.26. The van der Waals surface area contributed by atoms with Crippen LogP contribution in [0.5, 0.6) is 0 Å². The molecule has 0 aliphatic rings. The summed E-state index contributed by atoms with van der Waals surface area (Å²) in [5.41, 5.74) is 8.90. The number of rotatable bonds is 6. The average Bonchev–Trinajstić information content (AvgIpc) is 2.93. The highest BCUT2D eigenvalue weighted by Gasteiger charge is 2.13. The van der Waals surface area contributed by atoms with Crippen LogP contribution in [0, 0.1) is 13.8 Å². The first-order valence-corrected chi connectivity index (χ1v) is 7.09. The molecule has 6 nitrogen and oxygen atoms in total. The van der Waals surface area contributed by atoms with Gasteiger partial charge in [0.25, 0.3) is 0 Å². The molecule has 0 aliphatic heterocycles. The molecule has 1 amide bonds. The third-order valence-electron chi connectivity index (χ3n) is 3.38. The molecule has 7 heteroatoms. The number of oxazole rings is 1. The van der Waals surface area contributed by atoms with Crippen molar-refractivity contribution in [3.63, 3.8) is 0 Å². The first kappa shape index (κ1) is 19.2. The Kier molecular flexibility index (Phi) is 7.22. The van der Waals surface area contributed by atoms with Gasteiger partial charge < -0.3 is 20.2 Å². The maximum absolute atomic E-state index is 12.0. The van der Waals surface area contributed by atoms with Gasteiger partial charge in [-0.25, -0.2) is 4.98 Å². The number of ether oxygens (including phenoxy) is 1. The molecule has 126 valence electrons. The van der Waals surface area contributed by atoms with Crippen LogP contribution in [0.25, 0.3) is 11.5 Å². The fourth-order valence-corrected chi connectivity index (χ4v) is 2.09. The number of halogens is 1. The van der Waals surface area contributed by atoms with Crippen molar-refractivity contribution in [1.82, 2.24) is 4.98 Å². The summed E-state index contributed by atoms with van der Waals surface area (Å²) in [6.45, 7) is 4.14. The molecule has 1 aromatic heterocycles. The number of methoxy groups -OCH3 is 1. The zero-order valence-corrected chi connectivity index (χ0v) is 14.3. The van der Waals surface area contributed by atoms with E-state index in [-0.39, 0.29) is 30.8 Å². The van der Waals surface area contributed by atoms with E-state index in [1.807, 2.05) is 32.0 Å². The van der Waals surface area contributed by atoms with Crippen molar-refractivity contribution in [3.05, 3.63) is 35.7 Å². The summed E-state index contributed by atoms with van der Waals surface area (Å²) < 4.78 is 10.5. The standard InChI is InChI=1S/C16H21N3O3.ClH/c1-10-4-5-12(19-15(20)7-13(8-17)21-3)6-14(10)16-18-11(2)9-22-16;/h4-6,9,13H,7-8,17H2,1-3H3,(H,19,20);1H. The van der Waals surface area contributed by atoms with Gasteiger partial charge in [-0.2, -0.15) is 0 Å². The van der Waals surface area contributed by atoms with Gasteiger partial charge in [0.05, 0.1) is 18.2 Å². The predicted octanol–water partition coefficient (Wildman–Crippen LogP) is 2.68. The second-order valence-corrected chi connectivity index (χ2v) is 5.17. The first-order valence-electron chi connectivity index (χ1n) is 7.09. The van der Waals surface area contributed by atoms with Gasteiger partial charge in [0.2, 0.25) is 11.8 Å². The van der Waals surface area contributed by atoms with Crippen molar-refractivity contribution < 1.29 is 13.9 Å². The van der Waals surface area contributed by atoms with E-state index in [4.69, 9.17) is 14.9 Å². The zero-order valence-electron chi connectivity index (χ0n) is 13.5. The van der Waals surface area contributed by atoms with Gasteiger partial charge in [-0.1, -0.05) is 6.07 Å². The minimum absolute atomic E-state index is 0. The molecule has 1 aromatic carbocycles. The first-order chi connectivity index (χ1) is 10.5. The summed E-state index contributed by atoms with van der Waals surface area (Å²) in [6, 6.07) is 5.61. The lowest BCUT2D eigenvalue weighted by Crippen LogP contribution is -2.28. The molecule has 1 unspecified atom stereocenters. The number of nitrogens with two attached hydrogens (primary N) is 1. The van der Waals surface area contributed by atoms with E-state index >= 15 is 0 Å². The molecule has 23 heavy (non-hydrogen) atoms. The Labute approximate surface area is 141 Å². The van der Waals surface area contributed by atoms with E-state index in [1.54, 1.807) is 13.4 Å². The SMILES string of the molecule is COC(CN)CC(=O)Nc1ccc(C)c(-c2nc(C)co2)c1.Cl. The lowest BCUT2D eigenvalue weighted by atomic mass is 10.1. The number of benzene rings is 1. The number of hydrogen-bond acceptors (Lipinski definition) is 5. The molecule has 0 aliphatic carbocycles. The molecule has 0 spiro atoms. The molecule has 0 saturated carbocycles. The van der Waals surface area contributed by atoms with E-state index in [1.165, 1.54) is 0 Å². The number of carbonyl (C=O) groups is 1. The van der Waals surface area contributed by atoms with Gasteiger partial charge in [0.15, 0.2) is 0 Å². The third kappa shape index (κ3) is 5.06. The highest BCUT2D eigenvalue weighted by molar-refractivity contribution is 5.91. The number of amides is 1. The lowest BCUT2D eigenvalue weighted by molar-refractivity contribution is -0.118. The van der Waals surface area contributed by atoms with Gasteiger partial charge in [0.1, 0.15) is 6.26 Å². The van der Waals surface area contributed by atoms with Crippen LogP contribution in [0.15, 0.2) is 28.9 Å². The molecular formula is C16H22ClN3O3. The summed E-state index contributed by atoms with van der Waals surface area (Å²) in [4.78, 5) is 16.3. The molecule has 1 atom stereocenters. The van der Waals surface area contributed by atoms with Crippen LogP contribution in [0.1, 0.15) is 17.7 Å². The minimum atomic E-state index is -0.278. The van der Waals surface area contributed by atoms with Crippen molar-refractivity contribution in [2.75, 3.05) is 19.0 Å². The summed E-state index contributed by atoms with van der Waals surface area (Å²) in [6.07, 6.45) is 1.54. The summed E-state index contributed by atoms with van der Waals surface area (Å²) in [5.74, 6) is 0.401. The van der Waals surface area contributed by atoms with Crippen molar-refractivity contribution in [2.45, 2.75) is 26.4 Å². The Balaban J connectivity index is 0.00000264. The fraction of sp³-hybridized carbons (Fsp3) is 0.375. The van der Waals surface area contributed by atoms with Gasteiger partial charge in [-0.3, -0.25) is 4.79 Å². The topological polar surface area (TPSA) is 90.4 Å². The predicted molar refractivity (Wildman–Crippen MR) is 91.8 cm³/mol. The molecule has 0 bridgehead atoms. The smallest absolute Gasteiger partial charge is 0.227 e. The number of aromatic nitrogens is 1. The second-order valence-electron chi connectivity index (χ2n) is 5.17. The second kappa shape index (κ2) is 8.67. The van der Waals surface area contributed by atoms with E-state index in [9.17, 15) is 4.79 Å². The highest BCUT2D eigenvalue weighted by atomic mass is 35.5. The number of nitrogens with one attached hydrogen (secondary N) is 1. The van der Waals surface area contributed by atoms with Crippen molar-refractivity contribution in [3.8, 4) is 11.5 Å². The van der Waals surface area contributed by atoms with Crippen molar-refractivity contribution in [1.29, 1.82) is 0 Å². The van der Waals surface area contributed by atoms with E-state index < -0.39 is 0 Å². The summed E-state index contributed by atoms with van der Waals surface area (Å²) in [7, 11) is 1.54. The third-order valence-corrected chi connectivity index (χ3v) is 3.38. The largest absolute Gasteiger partial charge is 0.444 e. The van der Waals surface area contributed by atoms with Crippen LogP contribution in [0.2, 0.25) is 0 Å². The van der Waals surface area contributed by atoms with Crippen LogP contribution < -0.4 is 11.1 Å². The van der Waals surface area contributed by atoms with Crippen molar-refractivity contribution >= 4 is 24.0 Å². The van der Waals surface area contributed by atoms with E-state index in [0.29, 0.717) is 18.1 Å². The van der Waals surface area contributed by atoms with Crippen LogP contribution >= 0.6 is 12.4 Å². The monoisotopic (exact) mass is 339 g/mol. The lowest BCUT2D eigenvalue weighted by Gasteiger charge is -2.13. The zero-order chi connectivity index (χ0) is 16.1. The number of anilines is 1. The summed E-state index contributed by atoms with van der Waals surface area (Å²) >= 11 is 0. The van der Waals surface area contributed by atoms with Gasteiger partial charge in [0, 0.05) is 24.9 Å². The average molecular weight is 340 g/mol. The van der Waals surface area contributed by atoms with Crippen LogP contribution in [0.3, 0.4) is 0 Å². The van der Waals surface area contributed by atoms with Gasteiger partial charge in [-0.05, 0) is 31.5 Å². The minimum Gasteiger partial charge on any atom is -0.444 e. The molecule has 3 N–H and O–H groups in total. The van der Waals surface area contributed by atoms with Gasteiger partial charge >= 0.3 is 0 Å². The molecule has 0 fully saturated rings. The Morgan fingerprint density at radius 3 is 2.74 bits per heavy atom. The Morgan fingerprint density at radius 2 is 2.17 bits per heavy atom. The van der Waals surface area contributed by atoms with Crippen molar-refractivity contribution in [2.24, 2.45) is 5.73 Å². The molecule has 1 heterocycles. The maximum Gasteiger partial charge on any atom is 0.227 e. The van der Waals surface area contributed by atoms with E-state index in [2.05, 4.69) is 10.3 Å². The number of aryl methyl sites for hydroxylation is 2. The fourth-order valence-electron chi connectivity index (χ4n) is 2.09. The molecule has 0 saturated heterocycles. The van der Waals surface area contributed by atoms with Crippen LogP contribution in [0.4, 0.5) is 5.69 Å². The number of carbonyl (C=O) groups excluding carboxylic acids is 1. The molecule has 2 rings (SSSR count). The number of nitrogens with zero attached hydrogens (tertiary/aromatic N) is 1. The van der Waals surface area contributed by atoms with Crippen LogP contribution in [-0.2, 0) is 9.53 Å². The molecular weight excluding hydrogens is 318 g/mol. The van der Waals surface area contributed by atoms with Gasteiger partial charge in [-0.15, -0.1) is 12.4 Å². The Hall–Kier alpha value is -1.89. The molecule has 2 aromatic rings. The number of hydrogen-bond donors (Lipinski definition) is 2. The quantitative estimate of drug-likeness (QED) is 0.844. The Morgan fingerprint density at radius 1 is 1.43 bits per heavy atom. The normalized spacial score (nSPS) is 11.7. The van der Waals surface area contributed by atoms with Crippen LogP contribution in [-0.4, -0.2) is 30.6 Å². The van der Waals surface area contributed by atoms with E-state index in [0.717, 1.165) is 16.8 Å². The maximum atomic E-state index is 12.0. The Bertz CT molecular complexity index is 654.